The molecule has 0 bridgehead atoms. The number of benzene rings is 1. The molecule has 0 aliphatic heterocycles. The van der Waals surface area contributed by atoms with E-state index in [2.05, 4.69) is 4.98 Å². The summed E-state index contributed by atoms with van der Waals surface area (Å²) >= 11 is 7.28. The third kappa shape index (κ3) is 1.69. The van der Waals surface area contributed by atoms with E-state index >= 15 is 0 Å². The van der Waals surface area contributed by atoms with Crippen molar-refractivity contribution in [3.63, 3.8) is 0 Å². The second-order valence-corrected chi connectivity index (χ2v) is 3.81. The van der Waals surface area contributed by atoms with Crippen LogP contribution in [0.5, 0.6) is 0 Å². The number of carbonyl (C=O) groups is 1. The van der Waals surface area contributed by atoms with E-state index in [1.165, 1.54) is 11.3 Å². The van der Waals surface area contributed by atoms with Crippen LogP contribution in [0.25, 0.3) is 0 Å². The Morgan fingerprint density at radius 2 is 2.14 bits per heavy atom. The lowest BCUT2D eigenvalue weighted by Crippen LogP contribution is -2.01. The lowest BCUT2D eigenvalue weighted by molar-refractivity contribution is 0.103. The van der Waals surface area contributed by atoms with Crippen molar-refractivity contribution in [3.8, 4) is 0 Å². The second kappa shape index (κ2) is 3.90. The minimum atomic E-state index is -0.128. The summed E-state index contributed by atoms with van der Waals surface area (Å²) in [6, 6.07) is 6.97. The summed E-state index contributed by atoms with van der Waals surface area (Å²) in [5.74, 6) is -0.128. The van der Waals surface area contributed by atoms with E-state index in [0.717, 1.165) is 0 Å². The van der Waals surface area contributed by atoms with Gasteiger partial charge in [-0.3, -0.25) is 4.79 Å². The average molecular weight is 224 g/mol. The SMILES string of the molecule is O=C(c1cscn1)c1ccccc1Cl. The molecule has 1 aromatic carbocycles. The summed E-state index contributed by atoms with van der Waals surface area (Å²) < 4.78 is 0. The van der Waals surface area contributed by atoms with Crippen molar-refractivity contribution < 1.29 is 4.79 Å². The summed E-state index contributed by atoms with van der Waals surface area (Å²) in [6.07, 6.45) is 0. The van der Waals surface area contributed by atoms with Gasteiger partial charge in [0.05, 0.1) is 10.5 Å². The maximum absolute atomic E-state index is 11.8. The number of hydrogen-bond donors (Lipinski definition) is 0. The van der Waals surface area contributed by atoms with Crippen LogP contribution in [0.1, 0.15) is 16.1 Å². The summed E-state index contributed by atoms with van der Waals surface area (Å²) in [7, 11) is 0. The molecule has 2 rings (SSSR count). The maximum atomic E-state index is 11.8. The average Bonchev–Trinajstić information content (AvgIpc) is 2.70. The Morgan fingerprint density at radius 1 is 1.36 bits per heavy atom. The highest BCUT2D eigenvalue weighted by molar-refractivity contribution is 7.07. The number of halogens is 1. The predicted octanol–water partition coefficient (Wildman–Crippen LogP) is 3.03. The Hall–Kier alpha value is -1.19. The fourth-order valence-electron chi connectivity index (χ4n) is 1.11. The first-order valence-electron chi connectivity index (χ1n) is 3.96. The van der Waals surface area contributed by atoms with Gasteiger partial charge in [0.15, 0.2) is 0 Å². The van der Waals surface area contributed by atoms with E-state index in [9.17, 15) is 4.79 Å². The van der Waals surface area contributed by atoms with Gasteiger partial charge >= 0.3 is 0 Å². The summed E-state index contributed by atoms with van der Waals surface area (Å²) in [6.45, 7) is 0. The number of hydrogen-bond acceptors (Lipinski definition) is 3. The van der Waals surface area contributed by atoms with E-state index < -0.39 is 0 Å². The fourth-order valence-corrected chi connectivity index (χ4v) is 1.86. The smallest absolute Gasteiger partial charge is 0.213 e. The first-order chi connectivity index (χ1) is 6.79. The molecule has 0 aliphatic carbocycles. The Balaban J connectivity index is 2.42. The van der Waals surface area contributed by atoms with Crippen LogP contribution in [0, 0.1) is 0 Å². The molecule has 0 spiro atoms. The number of carbonyl (C=O) groups excluding carboxylic acids is 1. The molecule has 0 fully saturated rings. The van der Waals surface area contributed by atoms with Crippen LogP contribution < -0.4 is 0 Å². The standard InChI is InChI=1S/C10H6ClNOS/c11-8-4-2-1-3-7(8)10(13)9-5-14-6-12-9/h1-6H. The number of thiazole rings is 1. The van der Waals surface area contributed by atoms with Gasteiger partial charge in [0.25, 0.3) is 0 Å². The van der Waals surface area contributed by atoms with Crippen molar-refractivity contribution in [1.82, 2.24) is 4.98 Å². The van der Waals surface area contributed by atoms with Gasteiger partial charge in [0.2, 0.25) is 5.78 Å². The van der Waals surface area contributed by atoms with E-state index in [4.69, 9.17) is 11.6 Å². The molecular weight excluding hydrogens is 218 g/mol. The largest absolute Gasteiger partial charge is 0.287 e. The van der Waals surface area contributed by atoms with Gasteiger partial charge in [-0.15, -0.1) is 11.3 Å². The van der Waals surface area contributed by atoms with Crippen molar-refractivity contribution in [2.45, 2.75) is 0 Å². The maximum Gasteiger partial charge on any atom is 0.213 e. The van der Waals surface area contributed by atoms with E-state index in [1.54, 1.807) is 35.2 Å². The monoisotopic (exact) mass is 223 g/mol. The summed E-state index contributed by atoms with van der Waals surface area (Å²) in [4.78, 5) is 15.7. The van der Waals surface area contributed by atoms with Crippen LogP contribution in [0.4, 0.5) is 0 Å². The lowest BCUT2D eigenvalue weighted by atomic mass is 10.1. The van der Waals surface area contributed by atoms with Crippen LogP contribution in [0.2, 0.25) is 5.02 Å². The van der Waals surface area contributed by atoms with Gasteiger partial charge < -0.3 is 0 Å². The predicted molar refractivity (Wildman–Crippen MR) is 57.0 cm³/mol. The lowest BCUT2D eigenvalue weighted by Gasteiger charge is -1.99. The zero-order valence-corrected chi connectivity index (χ0v) is 8.68. The molecule has 0 saturated heterocycles. The molecule has 2 aromatic rings. The third-order valence-electron chi connectivity index (χ3n) is 1.78. The molecule has 2 nitrogen and oxygen atoms in total. The van der Waals surface area contributed by atoms with E-state index in [0.29, 0.717) is 16.3 Å². The van der Waals surface area contributed by atoms with Crippen LogP contribution in [-0.4, -0.2) is 10.8 Å². The first kappa shape index (κ1) is 9.37. The van der Waals surface area contributed by atoms with Gasteiger partial charge in [-0.05, 0) is 12.1 Å². The fraction of sp³-hybridized carbons (Fsp3) is 0. The van der Waals surface area contributed by atoms with Crippen molar-refractivity contribution >= 4 is 28.7 Å². The van der Waals surface area contributed by atoms with Crippen molar-refractivity contribution in [2.75, 3.05) is 0 Å². The van der Waals surface area contributed by atoms with Crippen molar-refractivity contribution in [1.29, 1.82) is 0 Å². The molecule has 1 aromatic heterocycles. The van der Waals surface area contributed by atoms with Crippen LogP contribution in [0.3, 0.4) is 0 Å². The summed E-state index contributed by atoms with van der Waals surface area (Å²) in [5, 5.41) is 2.18. The Kier molecular flexibility index (Phi) is 2.61. The third-order valence-corrected chi connectivity index (χ3v) is 2.70. The van der Waals surface area contributed by atoms with Gasteiger partial charge in [-0.25, -0.2) is 4.98 Å². The molecule has 0 amide bonds. The zero-order valence-electron chi connectivity index (χ0n) is 7.11. The molecular formula is C10H6ClNOS. The first-order valence-corrected chi connectivity index (χ1v) is 5.28. The Morgan fingerprint density at radius 3 is 2.79 bits per heavy atom. The minimum absolute atomic E-state index is 0.128. The van der Waals surface area contributed by atoms with Crippen LogP contribution >= 0.6 is 22.9 Å². The molecule has 70 valence electrons. The molecule has 0 atom stereocenters. The highest BCUT2D eigenvalue weighted by Gasteiger charge is 2.13. The van der Waals surface area contributed by atoms with Crippen LogP contribution in [0.15, 0.2) is 35.2 Å². The molecule has 0 unspecified atom stereocenters. The van der Waals surface area contributed by atoms with Gasteiger partial charge in [0, 0.05) is 10.9 Å². The molecule has 0 radical (unpaired) electrons. The zero-order chi connectivity index (χ0) is 9.97. The Labute approximate surface area is 90.2 Å². The van der Waals surface area contributed by atoms with Crippen molar-refractivity contribution in [3.05, 3.63) is 51.4 Å². The molecule has 0 saturated carbocycles. The molecule has 4 heteroatoms. The quantitative estimate of drug-likeness (QED) is 0.733. The molecule has 0 aliphatic rings. The highest BCUT2D eigenvalue weighted by Crippen LogP contribution is 2.18. The minimum Gasteiger partial charge on any atom is -0.287 e. The number of aromatic nitrogens is 1. The van der Waals surface area contributed by atoms with Crippen molar-refractivity contribution in [2.24, 2.45) is 0 Å². The topological polar surface area (TPSA) is 30.0 Å². The molecule has 0 N–H and O–H groups in total. The highest BCUT2D eigenvalue weighted by atomic mass is 35.5. The second-order valence-electron chi connectivity index (χ2n) is 2.68. The molecule has 1 heterocycles. The Bertz CT molecular complexity index is 453. The van der Waals surface area contributed by atoms with E-state index in [1.807, 2.05) is 0 Å². The van der Waals surface area contributed by atoms with Gasteiger partial charge in [0.1, 0.15) is 5.69 Å². The van der Waals surface area contributed by atoms with Gasteiger partial charge in [-0.1, -0.05) is 23.7 Å². The van der Waals surface area contributed by atoms with E-state index in [-0.39, 0.29) is 5.78 Å². The summed E-state index contributed by atoms with van der Waals surface area (Å²) in [5.41, 5.74) is 2.58. The number of ketones is 1. The number of nitrogens with zero attached hydrogens (tertiary/aromatic N) is 1. The molecule has 14 heavy (non-hydrogen) atoms. The van der Waals surface area contributed by atoms with Crippen LogP contribution in [-0.2, 0) is 0 Å². The number of rotatable bonds is 2. The van der Waals surface area contributed by atoms with Gasteiger partial charge in [-0.2, -0.15) is 0 Å². The normalized spacial score (nSPS) is 10.1.